The first-order valence-corrected chi connectivity index (χ1v) is 11.3. The number of hydrogen-bond acceptors (Lipinski definition) is 6. The van der Waals surface area contributed by atoms with Crippen molar-refractivity contribution in [3.05, 3.63) is 53.1 Å². The van der Waals surface area contributed by atoms with Crippen molar-refractivity contribution < 1.29 is 4.74 Å². The van der Waals surface area contributed by atoms with Crippen LogP contribution in [0.3, 0.4) is 0 Å². The molecule has 0 spiro atoms. The van der Waals surface area contributed by atoms with Crippen LogP contribution in [-0.4, -0.2) is 58.9 Å². The molecule has 1 aliphatic heterocycles. The summed E-state index contributed by atoms with van der Waals surface area (Å²) >= 11 is 0. The van der Waals surface area contributed by atoms with E-state index in [1.54, 1.807) is 7.11 Å². The normalized spacial score (nSPS) is 16.5. The van der Waals surface area contributed by atoms with Gasteiger partial charge in [0.1, 0.15) is 5.75 Å². The number of rotatable bonds is 7. The lowest BCUT2D eigenvalue weighted by atomic mass is 9.96. The number of aromatic nitrogens is 4. The van der Waals surface area contributed by atoms with Gasteiger partial charge in [-0.3, -0.25) is 9.58 Å². The van der Waals surface area contributed by atoms with Crippen LogP contribution in [0.5, 0.6) is 5.75 Å². The molecule has 7 heteroatoms. The monoisotopic (exact) mass is 434 g/mol. The number of aryl methyl sites for hydroxylation is 2. The first-order chi connectivity index (χ1) is 15.4. The molecule has 7 nitrogen and oxygen atoms in total. The van der Waals surface area contributed by atoms with Gasteiger partial charge in [0.2, 0.25) is 5.95 Å². The lowest BCUT2D eigenvalue weighted by molar-refractivity contribution is 0.325. The fourth-order valence-electron chi connectivity index (χ4n) is 4.60. The molecule has 3 heterocycles. The first-order valence-electron chi connectivity index (χ1n) is 11.3. The van der Waals surface area contributed by atoms with Crippen LogP contribution in [0.4, 0.5) is 5.95 Å². The number of nitrogens with zero attached hydrogens (tertiary/aromatic N) is 6. The summed E-state index contributed by atoms with van der Waals surface area (Å²) in [5.41, 5.74) is 7.15. The number of ether oxygens (including phenoxy) is 1. The molecule has 1 aliphatic rings. The van der Waals surface area contributed by atoms with Gasteiger partial charge < -0.3 is 9.64 Å². The predicted molar refractivity (Wildman–Crippen MR) is 128 cm³/mol. The van der Waals surface area contributed by atoms with E-state index in [1.165, 1.54) is 11.3 Å². The van der Waals surface area contributed by atoms with Gasteiger partial charge in [-0.05, 0) is 51.4 Å². The molecule has 1 fully saturated rings. The van der Waals surface area contributed by atoms with Gasteiger partial charge in [0.05, 0.1) is 18.5 Å². The predicted octanol–water partition coefficient (Wildman–Crippen LogP) is 4.04. The maximum atomic E-state index is 5.33. The summed E-state index contributed by atoms with van der Waals surface area (Å²) in [5, 5.41) is 4.70. The number of benzene rings is 1. The molecular formula is C25H34N6O. The standard InChI is InChI=1S/C25H34N6O/c1-7-31-18(3)23(17(2)28-31)16-30-13-12-20(15-30)24-22(14-26-25(27-24)29(4)5)19-8-10-21(32-6)11-9-19/h8-11,14,20H,7,12-13,15-16H2,1-6H3/t20-/m0/s1. The Kier molecular flexibility index (Phi) is 6.46. The van der Waals surface area contributed by atoms with Gasteiger partial charge >= 0.3 is 0 Å². The zero-order valence-electron chi connectivity index (χ0n) is 20.1. The topological polar surface area (TPSA) is 59.3 Å². The lowest BCUT2D eigenvalue weighted by Gasteiger charge is -2.20. The van der Waals surface area contributed by atoms with Crippen LogP contribution >= 0.6 is 0 Å². The number of hydrogen-bond donors (Lipinski definition) is 0. The van der Waals surface area contributed by atoms with Crippen molar-refractivity contribution in [1.82, 2.24) is 24.6 Å². The van der Waals surface area contributed by atoms with E-state index in [-0.39, 0.29) is 0 Å². The second-order valence-corrected chi connectivity index (χ2v) is 8.78. The molecule has 0 N–H and O–H groups in total. The fourth-order valence-corrected chi connectivity index (χ4v) is 4.60. The Morgan fingerprint density at radius 3 is 2.53 bits per heavy atom. The average Bonchev–Trinajstić information content (AvgIpc) is 3.38. The van der Waals surface area contributed by atoms with Crippen molar-refractivity contribution in [2.45, 2.75) is 46.2 Å². The van der Waals surface area contributed by atoms with E-state index >= 15 is 0 Å². The van der Waals surface area contributed by atoms with Crippen molar-refractivity contribution >= 4 is 5.95 Å². The smallest absolute Gasteiger partial charge is 0.225 e. The summed E-state index contributed by atoms with van der Waals surface area (Å²) in [4.78, 5) is 14.1. The molecule has 0 amide bonds. The van der Waals surface area contributed by atoms with Gasteiger partial charge in [0, 0.05) is 62.7 Å². The summed E-state index contributed by atoms with van der Waals surface area (Å²) in [6, 6.07) is 8.18. The van der Waals surface area contributed by atoms with Gasteiger partial charge in [-0.1, -0.05) is 12.1 Å². The van der Waals surface area contributed by atoms with Gasteiger partial charge in [0.15, 0.2) is 0 Å². The molecule has 0 aliphatic carbocycles. The molecule has 0 saturated carbocycles. The van der Waals surface area contributed by atoms with Crippen LogP contribution in [0.2, 0.25) is 0 Å². The molecule has 0 radical (unpaired) electrons. The first kappa shape index (κ1) is 22.3. The Balaban J connectivity index is 1.61. The number of anilines is 1. The van der Waals surface area contributed by atoms with Crippen LogP contribution in [-0.2, 0) is 13.1 Å². The summed E-state index contributed by atoms with van der Waals surface area (Å²) in [6.45, 7) is 10.4. The molecule has 1 aromatic carbocycles. The SMILES string of the molecule is CCn1nc(C)c(CN2CC[C@H](c3nc(N(C)C)ncc3-c3ccc(OC)cc3)C2)c1C. The minimum Gasteiger partial charge on any atom is -0.497 e. The van der Waals surface area contributed by atoms with E-state index in [9.17, 15) is 0 Å². The molecule has 2 aromatic heterocycles. The van der Waals surface area contributed by atoms with E-state index in [4.69, 9.17) is 14.8 Å². The van der Waals surface area contributed by atoms with Crippen LogP contribution in [0.15, 0.2) is 30.5 Å². The Morgan fingerprint density at radius 2 is 1.91 bits per heavy atom. The zero-order valence-corrected chi connectivity index (χ0v) is 20.1. The van der Waals surface area contributed by atoms with Crippen LogP contribution in [0.25, 0.3) is 11.1 Å². The van der Waals surface area contributed by atoms with Crippen molar-refractivity contribution in [3.8, 4) is 16.9 Å². The molecule has 0 unspecified atom stereocenters. The van der Waals surface area contributed by atoms with Gasteiger partial charge in [-0.25, -0.2) is 9.97 Å². The minimum atomic E-state index is 0.371. The van der Waals surface area contributed by atoms with Crippen LogP contribution in [0.1, 0.15) is 41.9 Å². The Labute approximate surface area is 191 Å². The summed E-state index contributed by atoms with van der Waals surface area (Å²) in [7, 11) is 5.67. The Bertz CT molecular complexity index is 1070. The molecule has 32 heavy (non-hydrogen) atoms. The Morgan fingerprint density at radius 1 is 1.16 bits per heavy atom. The molecule has 170 valence electrons. The fraction of sp³-hybridized carbons (Fsp3) is 0.480. The van der Waals surface area contributed by atoms with Gasteiger partial charge in [0.25, 0.3) is 0 Å². The highest BCUT2D eigenvalue weighted by Gasteiger charge is 2.29. The van der Waals surface area contributed by atoms with Crippen molar-refractivity contribution in [3.63, 3.8) is 0 Å². The Hall–Kier alpha value is -2.93. The van der Waals surface area contributed by atoms with Gasteiger partial charge in [-0.2, -0.15) is 5.10 Å². The minimum absolute atomic E-state index is 0.371. The largest absolute Gasteiger partial charge is 0.497 e. The third-order valence-corrected chi connectivity index (χ3v) is 6.48. The summed E-state index contributed by atoms with van der Waals surface area (Å²) in [6.07, 6.45) is 3.06. The van der Waals surface area contributed by atoms with E-state index in [2.05, 4.69) is 47.5 Å². The summed E-state index contributed by atoms with van der Waals surface area (Å²) in [5.74, 6) is 1.98. The maximum Gasteiger partial charge on any atom is 0.225 e. The second kappa shape index (κ2) is 9.28. The number of likely N-dealkylation sites (tertiary alicyclic amines) is 1. The molecule has 3 aromatic rings. The maximum absolute atomic E-state index is 5.33. The van der Waals surface area contributed by atoms with Crippen LogP contribution < -0.4 is 9.64 Å². The van der Waals surface area contributed by atoms with E-state index < -0.39 is 0 Å². The van der Waals surface area contributed by atoms with Crippen molar-refractivity contribution in [1.29, 1.82) is 0 Å². The molecular weight excluding hydrogens is 400 g/mol. The average molecular weight is 435 g/mol. The molecule has 0 bridgehead atoms. The van der Waals surface area contributed by atoms with E-state index in [0.717, 1.165) is 66.8 Å². The van der Waals surface area contributed by atoms with Crippen molar-refractivity contribution in [2.24, 2.45) is 0 Å². The van der Waals surface area contributed by atoms with E-state index in [0.29, 0.717) is 5.92 Å². The molecule has 4 rings (SSSR count). The second-order valence-electron chi connectivity index (χ2n) is 8.78. The number of methoxy groups -OCH3 is 1. The third-order valence-electron chi connectivity index (χ3n) is 6.48. The molecule has 1 atom stereocenters. The lowest BCUT2D eigenvalue weighted by Crippen LogP contribution is -2.21. The highest BCUT2D eigenvalue weighted by molar-refractivity contribution is 5.67. The van der Waals surface area contributed by atoms with Crippen LogP contribution in [0, 0.1) is 13.8 Å². The highest BCUT2D eigenvalue weighted by Crippen LogP contribution is 2.35. The summed E-state index contributed by atoms with van der Waals surface area (Å²) < 4.78 is 7.44. The van der Waals surface area contributed by atoms with E-state index in [1.807, 2.05) is 37.3 Å². The quantitative estimate of drug-likeness (QED) is 0.559. The molecule has 1 saturated heterocycles. The zero-order chi connectivity index (χ0) is 22.8. The highest BCUT2D eigenvalue weighted by atomic mass is 16.5. The third kappa shape index (κ3) is 4.35. The van der Waals surface area contributed by atoms with Crippen molar-refractivity contribution in [2.75, 3.05) is 39.2 Å². The van der Waals surface area contributed by atoms with Gasteiger partial charge in [-0.15, -0.1) is 0 Å².